The monoisotopic (exact) mass is 462 g/mol. The van der Waals surface area contributed by atoms with Gasteiger partial charge in [-0.25, -0.2) is 4.79 Å². The number of hydrogen-bond acceptors (Lipinski definition) is 10. The molecule has 10 nitrogen and oxygen atoms in total. The predicted molar refractivity (Wildman–Crippen MR) is 122 cm³/mol. The summed E-state index contributed by atoms with van der Waals surface area (Å²) < 4.78 is 8.07. The summed E-state index contributed by atoms with van der Waals surface area (Å²) in [4.78, 5) is 37.3. The van der Waals surface area contributed by atoms with Gasteiger partial charge in [0.1, 0.15) is 17.1 Å². The first-order chi connectivity index (χ1) is 14.7. The summed E-state index contributed by atoms with van der Waals surface area (Å²) in [7, 11) is 2.72. The number of nitrogens with two attached hydrogens (primary N) is 1. The summed E-state index contributed by atoms with van der Waals surface area (Å²) in [5, 5.41) is 11.2. The minimum Gasteiger partial charge on any atom is -0.492 e. The maximum Gasteiger partial charge on any atom is 0.332 e. The molecule has 2 aromatic heterocycles. The highest BCUT2D eigenvalue weighted by atomic mass is 32.2. The Kier molecular flexibility index (Phi) is 6.81. The number of anilines is 3. The first-order valence-electron chi connectivity index (χ1n) is 9.33. The van der Waals surface area contributed by atoms with Gasteiger partial charge in [0.05, 0.1) is 17.5 Å². The number of carbonyl (C=O) groups excluding carboxylic acids is 1. The van der Waals surface area contributed by atoms with E-state index < -0.39 is 22.3 Å². The van der Waals surface area contributed by atoms with Gasteiger partial charge in [-0.05, 0) is 26.0 Å². The molecule has 0 saturated heterocycles. The van der Waals surface area contributed by atoms with Crippen molar-refractivity contribution in [1.82, 2.24) is 19.3 Å². The predicted octanol–water partition coefficient (Wildman–Crippen LogP) is 2.02. The number of aromatic nitrogens is 4. The van der Waals surface area contributed by atoms with E-state index in [1.165, 1.54) is 25.4 Å². The average molecular weight is 463 g/mol. The number of thioether (sulfide) groups is 1. The number of nitrogens with one attached hydrogen (secondary N) is 1. The molecule has 0 saturated carbocycles. The Bertz CT molecular complexity index is 1230. The molecule has 0 radical (unpaired) electrons. The highest BCUT2D eigenvalue weighted by Gasteiger charge is 2.26. The number of nitrogen functional groups attached to an aromatic ring is 1. The van der Waals surface area contributed by atoms with Crippen LogP contribution in [-0.2, 0) is 14.1 Å². The van der Waals surface area contributed by atoms with Crippen LogP contribution in [0.5, 0.6) is 5.75 Å². The molecule has 0 aliphatic heterocycles. The van der Waals surface area contributed by atoms with Gasteiger partial charge >= 0.3 is 5.69 Å². The van der Waals surface area contributed by atoms with Crippen molar-refractivity contribution >= 4 is 45.5 Å². The fourth-order valence-electron chi connectivity index (χ4n) is 2.77. The summed E-state index contributed by atoms with van der Waals surface area (Å²) in [6.07, 6.45) is 0. The molecule has 0 bridgehead atoms. The topological polar surface area (TPSA) is 134 Å². The van der Waals surface area contributed by atoms with E-state index in [9.17, 15) is 14.4 Å². The van der Waals surface area contributed by atoms with Crippen molar-refractivity contribution < 1.29 is 9.53 Å². The number of para-hydroxylation sites is 2. The highest BCUT2D eigenvalue weighted by Crippen LogP contribution is 2.33. The molecule has 12 heteroatoms. The van der Waals surface area contributed by atoms with Crippen LogP contribution in [0.2, 0.25) is 0 Å². The number of ether oxygens (including phenoxy) is 1. The number of benzene rings is 1. The van der Waals surface area contributed by atoms with E-state index in [1.54, 1.807) is 6.92 Å². The number of carbonyl (C=O) groups is 1. The molecular formula is C19H22N6O4S2. The normalized spacial score (nSPS) is 11.9. The Morgan fingerprint density at radius 3 is 2.68 bits per heavy atom. The van der Waals surface area contributed by atoms with Crippen LogP contribution in [0.25, 0.3) is 0 Å². The number of rotatable bonds is 8. The van der Waals surface area contributed by atoms with E-state index in [1.807, 2.05) is 31.2 Å². The zero-order valence-corrected chi connectivity index (χ0v) is 19.0. The van der Waals surface area contributed by atoms with Crippen molar-refractivity contribution in [3.05, 3.63) is 50.7 Å². The lowest BCUT2D eigenvalue weighted by molar-refractivity contribution is 0.0992. The third kappa shape index (κ3) is 4.64. The van der Waals surface area contributed by atoms with Crippen molar-refractivity contribution in [1.29, 1.82) is 0 Å². The van der Waals surface area contributed by atoms with E-state index >= 15 is 0 Å². The first-order valence-corrected chi connectivity index (χ1v) is 11.0. The van der Waals surface area contributed by atoms with E-state index in [2.05, 4.69) is 15.5 Å². The molecule has 0 amide bonds. The summed E-state index contributed by atoms with van der Waals surface area (Å²) in [5.41, 5.74) is 5.12. The van der Waals surface area contributed by atoms with E-state index in [4.69, 9.17) is 10.5 Å². The lowest BCUT2D eigenvalue weighted by Gasteiger charge is -2.13. The summed E-state index contributed by atoms with van der Waals surface area (Å²) >= 11 is 2.42. The molecule has 3 rings (SSSR count). The van der Waals surface area contributed by atoms with Crippen LogP contribution in [-0.4, -0.2) is 37.0 Å². The largest absolute Gasteiger partial charge is 0.492 e. The van der Waals surface area contributed by atoms with E-state index in [-0.39, 0.29) is 11.4 Å². The molecule has 164 valence electrons. The van der Waals surface area contributed by atoms with Crippen molar-refractivity contribution in [2.24, 2.45) is 14.1 Å². The van der Waals surface area contributed by atoms with Crippen molar-refractivity contribution in [2.75, 3.05) is 17.7 Å². The minimum absolute atomic E-state index is 0.155. The zero-order chi connectivity index (χ0) is 22.7. The Labute approximate surface area is 186 Å². The van der Waals surface area contributed by atoms with Gasteiger partial charge in [0, 0.05) is 14.1 Å². The second-order valence-electron chi connectivity index (χ2n) is 6.52. The SMILES string of the molecule is CCOc1ccccc1Nc1nnc(SC(C)C(=O)c2c(N)n(C)c(=O)n(C)c2=O)s1. The quantitative estimate of drug-likeness (QED) is 0.381. The molecule has 2 heterocycles. The van der Waals surface area contributed by atoms with Crippen LogP contribution in [0.3, 0.4) is 0 Å². The summed E-state index contributed by atoms with van der Waals surface area (Å²) in [5.74, 6) is 0.0572. The second-order valence-corrected chi connectivity index (χ2v) is 9.08. The van der Waals surface area contributed by atoms with Crippen LogP contribution in [0.4, 0.5) is 16.6 Å². The Morgan fingerprint density at radius 2 is 1.97 bits per heavy atom. The second kappa shape index (κ2) is 9.35. The minimum atomic E-state index is -0.717. The Balaban J connectivity index is 1.78. The van der Waals surface area contributed by atoms with Gasteiger partial charge in [-0.3, -0.25) is 18.7 Å². The maximum atomic E-state index is 12.9. The van der Waals surface area contributed by atoms with Gasteiger partial charge in [0.2, 0.25) is 5.13 Å². The Hall–Kier alpha value is -3.12. The summed E-state index contributed by atoms with van der Waals surface area (Å²) in [6, 6.07) is 7.46. The molecule has 0 spiro atoms. The van der Waals surface area contributed by atoms with Gasteiger partial charge in [0.25, 0.3) is 5.56 Å². The number of ketones is 1. The van der Waals surface area contributed by atoms with Gasteiger partial charge in [0.15, 0.2) is 10.1 Å². The van der Waals surface area contributed by atoms with Crippen LogP contribution in [0.15, 0.2) is 38.2 Å². The fourth-order valence-corrected chi connectivity index (χ4v) is 4.74. The summed E-state index contributed by atoms with van der Waals surface area (Å²) in [6.45, 7) is 4.08. The standard InChI is InChI=1S/C19H22N6O4S2/c1-5-29-12-9-7-6-8-11(12)21-17-22-23-18(31-17)30-10(2)14(26)13-15(20)24(3)19(28)25(4)16(13)27/h6-10H,5,20H2,1-4H3,(H,21,22). The average Bonchev–Trinajstić information content (AvgIpc) is 3.19. The highest BCUT2D eigenvalue weighted by molar-refractivity contribution is 8.02. The molecule has 0 aliphatic rings. The van der Waals surface area contributed by atoms with Crippen LogP contribution in [0.1, 0.15) is 24.2 Å². The zero-order valence-electron chi connectivity index (χ0n) is 17.4. The van der Waals surface area contributed by atoms with Crippen LogP contribution in [0, 0.1) is 0 Å². The number of hydrogen-bond donors (Lipinski definition) is 2. The molecular weight excluding hydrogens is 440 g/mol. The third-order valence-electron chi connectivity index (χ3n) is 4.44. The van der Waals surface area contributed by atoms with E-state index in [0.717, 1.165) is 26.6 Å². The third-order valence-corrected chi connectivity index (χ3v) is 6.46. The first kappa shape index (κ1) is 22.6. The van der Waals surface area contributed by atoms with Crippen molar-refractivity contribution in [3.63, 3.8) is 0 Å². The molecule has 1 atom stereocenters. The maximum absolute atomic E-state index is 12.9. The van der Waals surface area contributed by atoms with Gasteiger partial charge in [-0.1, -0.05) is 35.2 Å². The lowest BCUT2D eigenvalue weighted by Crippen LogP contribution is -2.42. The lowest BCUT2D eigenvalue weighted by atomic mass is 10.1. The van der Waals surface area contributed by atoms with Gasteiger partial charge in [-0.2, -0.15) is 0 Å². The van der Waals surface area contributed by atoms with Crippen molar-refractivity contribution in [3.8, 4) is 5.75 Å². The fraction of sp³-hybridized carbons (Fsp3) is 0.316. The van der Waals surface area contributed by atoms with Gasteiger partial charge in [-0.15, -0.1) is 10.2 Å². The van der Waals surface area contributed by atoms with Gasteiger partial charge < -0.3 is 15.8 Å². The van der Waals surface area contributed by atoms with Crippen molar-refractivity contribution in [2.45, 2.75) is 23.4 Å². The molecule has 1 unspecified atom stereocenters. The molecule has 3 aromatic rings. The Morgan fingerprint density at radius 1 is 1.26 bits per heavy atom. The molecule has 0 fully saturated rings. The number of Topliss-reactive ketones (excluding diaryl/α,β-unsaturated/α-hetero) is 1. The molecule has 31 heavy (non-hydrogen) atoms. The smallest absolute Gasteiger partial charge is 0.332 e. The van der Waals surface area contributed by atoms with E-state index in [0.29, 0.717) is 21.8 Å². The molecule has 3 N–H and O–H groups in total. The van der Waals surface area contributed by atoms with Crippen LogP contribution >= 0.6 is 23.1 Å². The van der Waals surface area contributed by atoms with Crippen LogP contribution < -0.4 is 27.0 Å². The number of nitrogens with zero attached hydrogens (tertiary/aromatic N) is 4. The molecule has 0 aliphatic carbocycles. The molecule has 1 aromatic carbocycles.